The molecule has 0 amide bonds. The topological polar surface area (TPSA) is 25.4 Å². The highest BCUT2D eigenvalue weighted by Gasteiger charge is 2.16. The van der Waals surface area contributed by atoms with E-state index in [0.717, 1.165) is 36.5 Å². The summed E-state index contributed by atoms with van der Waals surface area (Å²) in [4.78, 5) is 6.74. The number of pyridine rings is 1. The van der Waals surface area contributed by atoms with Gasteiger partial charge in [-0.3, -0.25) is 0 Å². The third kappa shape index (κ3) is 2.92. The van der Waals surface area contributed by atoms with Crippen molar-refractivity contribution in [2.45, 2.75) is 19.4 Å². The lowest BCUT2D eigenvalue weighted by molar-refractivity contribution is 0.0820. The molecular formula is C11H15BrN2O. The maximum absolute atomic E-state index is 5.60. The van der Waals surface area contributed by atoms with E-state index >= 15 is 0 Å². The number of rotatable bonds is 1. The van der Waals surface area contributed by atoms with Crippen molar-refractivity contribution in [2.24, 2.45) is 0 Å². The lowest BCUT2D eigenvalue weighted by Crippen LogP contribution is -2.30. The first-order valence-electron chi connectivity index (χ1n) is 5.25. The van der Waals surface area contributed by atoms with E-state index in [9.17, 15) is 0 Å². The highest BCUT2D eigenvalue weighted by molar-refractivity contribution is 9.10. The van der Waals surface area contributed by atoms with E-state index in [4.69, 9.17) is 4.74 Å². The molecule has 0 aliphatic carbocycles. The molecule has 0 radical (unpaired) electrons. The van der Waals surface area contributed by atoms with Gasteiger partial charge in [-0.2, -0.15) is 0 Å². The van der Waals surface area contributed by atoms with Crippen molar-refractivity contribution in [3.63, 3.8) is 0 Å². The van der Waals surface area contributed by atoms with Crippen molar-refractivity contribution in [1.82, 2.24) is 4.98 Å². The Morgan fingerprint density at radius 3 is 3.20 bits per heavy atom. The maximum Gasteiger partial charge on any atom is 0.129 e. The molecule has 2 heterocycles. The first-order valence-corrected chi connectivity index (χ1v) is 6.04. The minimum absolute atomic E-state index is 0.285. The van der Waals surface area contributed by atoms with E-state index in [1.165, 1.54) is 0 Å². The summed E-state index contributed by atoms with van der Waals surface area (Å²) in [7, 11) is 0. The Morgan fingerprint density at radius 2 is 2.40 bits per heavy atom. The van der Waals surface area contributed by atoms with Crippen molar-refractivity contribution in [2.75, 3.05) is 24.6 Å². The standard InChI is InChI=1S/C11H15BrN2O/c1-9-8-14(6-3-7-15-9)11-5-2-4-10(12)13-11/h2,4-5,9H,3,6-8H2,1H3. The highest BCUT2D eigenvalue weighted by atomic mass is 79.9. The average Bonchev–Trinajstić information content (AvgIpc) is 2.43. The van der Waals surface area contributed by atoms with Gasteiger partial charge < -0.3 is 9.64 Å². The Balaban J connectivity index is 2.14. The van der Waals surface area contributed by atoms with Gasteiger partial charge in [-0.05, 0) is 41.4 Å². The molecule has 4 heteroatoms. The molecule has 0 N–H and O–H groups in total. The molecule has 3 nitrogen and oxygen atoms in total. The van der Waals surface area contributed by atoms with Crippen LogP contribution in [0, 0.1) is 0 Å². The van der Waals surface area contributed by atoms with Gasteiger partial charge in [-0.15, -0.1) is 0 Å². The van der Waals surface area contributed by atoms with E-state index < -0.39 is 0 Å². The fourth-order valence-corrected chi connectivity index (χ4v) is 2.11. The molecule has 2 rings (SSSR count). The quantitative estimate of drug-likeness (QED) is 0.734. The molecule has 1 atom stereocenters. The molecule has 1 unspecified atom stereocenters. The molecule has 1 saturated heterocycles. The number of nitrogens with zero attached hydrogens (tertiary/aromatic N) is 2. The van der Waals surface area contributed by atoms with Gasteiger partial charge in [0.15, 0.2) is 0 Å². The number of ether oxygens (including phenoxy) is 1. The zero-order chi connectivity index (χ0) is 10.7. The van der Waals surface area contributed by atoms with Crippen LogP contribution >= 0.6 is 15.9 Å². The van der Waals surface area contributed by atoms with E-state index in [2.05, 4.69) is 32.7 Å². The molecule has 1 aliphatic heterocycles. The molecule has 1 aliphatic rings. The van der Waals surface area contributed by atoms with Gasteiger partial charge in [0.1, 0.15) is 10.4 Å². The second-order valence-electron chi connectivity index (χ2n) is 3.80. The number of hydrogen-bond acceptors (Lipinski definition) is 3. The first-order chi connectivity index (χ1) is 7.25. The average molecular weight is 271 g/mol. The van der Waals surface area contributed by atoms with Crippen LogP contribution in [0.15, 0.2) is 22.8 Å². The lowest BCUT2D eigenvalue weighted by Gasteiger charge is -2.23. The summed E-state index contributed by atoms with van der Waals surface area (Å²) in [6.45, 7) is 4.90. The van der Waals surface area contributed by atoms with Crippen LogP contribution in [0.4, 0.5) is 5.82 Å². The number of aromatic nitrogens is 1. The van der Waals surface area contributed by atoms with Crippen LogP contribution in [-0.4, -0.2) is 30.8 Å². The van der Waals surface area contributed by atoms with Gasteiger partial charge in [0.2, 0.25) is 0 Å². The molecule has 1 aromatic rings. The molecule has 82 valence electrons. The molecule has 0 spiro atoms. The summed E-state index contributed by atoms with van der Waals surface area (Å²) in [5, 5.41) is 0. The van der Waals surface area contributed by atoms with Crippen molar-refractivity contribution < 1.29 is 4.74 Å². The van der Waals surface area contributed by atoms with Gasteiger partial charge in [0, 0.05) is 19.7 Å². The Morgan fingerprint density at radius 1 is 1.53 bits per heavy atom. The molecular weight excluding hydrogens is 256 g/mol. The molecule has 1 fully saturated rings. The number of halogens is 1. The van der Waals surface area contributed by atoms with Crippen molar-refractivity contribution in [1.29, 1.82) is 0 Å². The summed E-state index contributed by atoms with van der Waals surface area (Å²) in [5.74, 6) is 1.03. The minimum atomic E-state index is 0.285. The Hall–Kier alpha value is -0.610. The van der Waals surface area contributed by atoms with Gasteiger partial charge >= 0.3 is 0 Å². The zero-order valence-electron chi connectivity index (χ0n) is 8.82. The molecule has 0 saturated carbocycles. The summed E-state index contributed by atoms with van der Waals surface area (Å²) in [6.07, 6.45) is 1.35. The summed E-state index contributed by atoms with van der Waals surface area (Å²) in [6, 6.07) is 6.01. The van der Waals surface area contributed by atoms with Crippen LogP contribution in [0.2, 0.25) is 0 Å². The van der Waals surface area contributed by atoms with Gasteiger partial charge in [-0.1, -0.05) is 6.07 Å². The normalized spacial score (nSPS) is 22.5. The number of hydrogen-bond donors (Lipinski definition) is 0. The van der Waals surface area contributed by atoms with E-state index in [-0.39, 0.29) is 6.10 Å². The summed E-state index contributed by atoms with van der Waals surface area (Å²) < 4.78 is 6.49. The van der Waals surface area contributed by atoms with Crippen LogP contribution in [0.3, 0.4) is 0 Å². The van der Waals surface area contributed by atoms with E-state index in [1.807, 2.05) is 18.2 Å². The third-order valence-electron chi connectivity index (χ3n) is 2.48. The predicted molar refractivity (Wildman–Crippen MR) is 64.2 cm³/mol. The second-order valence-corrected chi connectivity index (χ2v) is 4.61. The monoisotopic (exact) mass is 270 g/mol. The SMILES string of the molecule is CC1CN(c2cccc(Br)n2)CCCO1. The van der Waals surface area contributed by atoms with Crippen LogP contribution in [0.1, 0.15) is 13.3 Å². The smallest absolute Gasteiger partial charge is 0.129 e. The highest BCUT2D eigenvalue weighted by Crippen LogP contribution is 2.17. The van der Waals surface area contributed by atoms with Crippen molar-refractivity contribution >= 4 is 21.7 Å². The van der Waals surface area contributed by atoms with Crippen molar-refractivity contribution in [3.05, 3.63) is 22.8 Å². The summed E-state index contributed by atoms with van der Waals surface area (Å²) in [5.41, 5.74) is 0. The second kappa shape index (κ2) is 4.94. The maximum atomic E-state index is 5.60. The van der Waals surface area contributed by atoms with Gasteiger partial charge in [-0.25, -0.2) is 4.98 Å². The molecule has 0 aromatic carbocycles. The lowest BCUT2D eigenvalue weighted by atomic mass is 10.3. The first kappa shape index (κ1) is 10.9. The van der Waals surface area contributed by atoms with Crippen LogP contribution in [-0.2, 0) is 4.74 Å². The fourth-order valence-electron chi connectivity index (χ4n) is 1.78. The zero-order valence-corrected chi connectivity index (χ0v) is 10.4. The predicted octanol–water partition coefficient (Wildman–Crippen LogP) is 2.46. The largest absolute Gasteiger partial charge is 0.377 e. The molecule has 1 aromatic heterocycles. The fraction of sp³-hybridized carbons (Fsp3) is 0.545. The Kier molecular flexibility index (Phi) is 3.59. The minimum Gasteiger partial charge on any atom is -0.377 e. The van der Waals surface area contributed by atoms with Gasteiger partial charge in [0.25, 0.3) is 0 Å². The Labute approximate surface area is 98.6 Å². The van der Waals surface area contributed by atoms with Crippen molar-refractivity contribution in [3.8, 4) is 0 Å². The van der Waals surface area contributed by atoms with E-state index in [1.54, 1.807) is 0 Å². The van der Waals surface area contributed by atoms with Crippen LogP contribution in [0.25, 0.3) is 0 Å². The van der Waals surface area contributed by atoms with Crippen LogP contribution in [0.5, 0.6) is 0 Å². The van der Waals surface area contributed by atoms with Crippen LogP contribution < -0.4 is 4.90 Å². The molecule has 0 bridgehead atoms. The third-order valence-corrected chi connectivity index (χ3v) is 2.92. The molecule has 15 heavy (non-hydrogen) atoms. The Bertz CT molecular complexity index is 332. The van der Waals surface area contributed by atoms with E-state index in [0.29, 0.717) is 0 Å². The van der Waals surface area contributed by atoms with Gasteiger partial charge in [0.05, 0.1) is 6.10 Å². The number of anilines is 1. The summed E-state index contributed by atoms with van der Waals surface area (Å²) >= 11 is 3.39.